The first-order valence-corrected chi connectivity index (χ1v) is 8.62. The highest BCUT2D eigenvalue weighted by atomic mass is 32.2. The predicted molar refractivity (Wildman–Crippen MR) is 96.0 cm³/mol. The summed E-state index contributed by atoms with van der Waals surface area (Å²) in [5.74, 6) is 0.796. The molecule has 0 fully saturated rings. The van der Waals surface area contributed by atoms with Gasteiger partial charge in [0.25, 0.3) is 0 Å². The molecule has 2 heterocycles. The SMILES string of the molecule is Cn1c(Sc2ccc(C#N)nn2)nnc1-c1ccc(C(C)(C)C)cc1. The van der Waals surface area contributed by atoms with E-state index in [1.165, 1.54) is 17.3 Å². The second kappa shape index (κ2) is 6.65. The van der Waals surface area contributed by atoms with Crippen molar-refractivity contribution >= 4 is 11.8 Å². The molecule has 0 aliphatic rings. The van der Waals surface area contributed by atoms with Crippen LogP contribution in [0.1, 0.15) is 32.0 Å². The number of hydrogen-bond acceptors (Lipinski definition) is 6. The highest BCUT2D eigenvalue weighted by Gasteiger charge is 2.16. The van der Waals surface area contributed by atoms with E-state index in [1.54, 1.807) is 12.1 Å². The normalized spacial score (nSPS) is 11.3. The van der Waals surface area contributed by atoms with Crippen LogP contribution in [0.2, 0.25) is 0 Å². The van der Waals surface area contributed by atoms with Crippen LogP contribution >= 0.6 is 11.8 Å². The molecule has 6 nitrogen and oxygen atoms in total. The summed E-state index contributed by atoms with van der Waals surface area (Å²) in [5, 5.41) is 26.6. The number of aromatic nitrogens is 5. The zero-order chi connectivity index (χ0) is 18.0. The zero-order valence-electron chi connectivity index (χ0n) is 14.6. The van der Waals surface area contributed by atoms with Gasteiger partial charge in [-0.2, -0.15) is 5.26 Å². The third-order valence-corrected chi connectivity index (χ3v) is 4.76. The van der Waals surface area contributed by atoms with E-state index in [0.717, 1.165) is 11.4 Å². The summed E-state index contributed by atoms with van der Waals surface area (Å²) in [5.41, 5.74) is 2.71. The van der Waals surface area contributed by atoms with Gasteiger partial charge in [-0.15, -0.1) is 20.4 Å². The van der Waals surface area contributed by atoms with Crippen LogP contribution in [-0.4, -0.2) is 25.0 Å². The van der Waals surface area contributed by atoms with Crippen LogP contribution in [0.5, 0.6) is 0 Å². The maximum Gasteiger partial charge on any atom is 0.197 e. The predicted octanol–water partition coefficient (Wildman–Crippen LogP) is 3.59. The van der Waals surface area contributed by atoms with Crippen LogP contribution in [-0.2, 0) is 12.5 Å². The van der Waals surface area contributed by atoms with Crippen molar-refractivity contribution in [3.8, 4) is 17.5 Å². The molecule has 3 aromatic rings. The summed E-state index contributed by atoms with van der Waals surface area (Å²) >= 11 is 1.36. The Morgan fingerprint density at radius 3 is 2.24 bits per heavy atom. The number of nitrogens with zero attached hydrogens (tertiary/aromatic N) is 6. The monoisotopic (exact) mass is 350 g/mol. The maximum atomic E-state index is 8.78. The Hall–Kier alpha value is -2.72. The molecule has 25 heavy (non-hydrogen) atoms. The van der Waals surface area contributed by atoms with Gasteiger partial charge in [-0.1, -0.05) is 45.0 Å². The Balaban J connectivity index is 1.84. The minimum Gasteiger partial charge on any atom is -0.305 e. The number of rotatable bonds is 3. The summed E-state index contributed by atoms with van der Waals surface area (Å²) in [4.78, 5) is 0. The highest BCUT2D eigenvalue weighted by molar-refractivity contribution is 7.99. The molecule has 1 aromatic carbocycles. The van der Waals surface area contributed by atoms with Gasteiger partial charge in [0.05, 0.1) is 0 Å². The van der Waals surface area contributed by atoms with E-state index in [2.05, 4.69) is 65.4 Å². The van der Waals surface area contributed by atoms with Crippen molar-refractivity contribution in [2.45, 2.75) is 36.4 Å². The van der Waals surface area contributed by atoms with Gasteiger partial charge in [0.1, 0.15) is 11.1 Å². The van der Waals surface area contributed by atoms with Crippen LogP contribution in [0.25, 0.3) is 11.4 Å². The highest BCUT2D eigenvalue weighted by Crippen LogP contribution is 2.29. The van der Waals surface area contributed by atoms with E-state index in [-0.39, 0.29) is 5.41 Å². The molecular weight excluding hydrogens is 332 g/mol. The first-order chi connectivity index (χ1) is 11.9. The van der Waals surface area contributed by atoms with Crippen molar-refractivity contribution in [2.24, 2.45) is 7.05 Å². The molecule has 0 aliphatic heterocycles. The molecule has 126 valence electrons. The van der Waals surface area contributed by atoms with Crippen LogP contribution in [0.4, 0.5) is 0 Å². The average molecular weight is 350 g/mol. The maximum absolute atomic E-state index is 8.78. The van der Waals surface area contributed by atoms with E-state index >= 15 is 0 Å². The lowest BCUT2D eigenvalue weighted by atomic mass is 9.87. The molecule has 0 aliphatic carbocycles. The molecule has 0 bridgehead atoms. The van der Waals surface area contributed by atoms with Crippen LogP contribution < -0.4 is 0 Å². The molecule has 3 rings (SSSR count). The quantitative estimate of drug-likeness (QED) is 0.718. The molecule has 0 N–H and O–H groups in total. The van der Waals surface area contributed by atoms with Crippen molar-refractivity contribution in [1.29, 1.82) is 5.26 Å². The van der Waals surface area contributed by atoms with E-state index in [9.17, 15) is 0 Å². The third-order valence-electron chi connectivity index (χ3n) is 3.79. The van der Waals surface area contributed by atoms with E-state index < -0.39 is 0 Å². The second-order valence-electron chi connectivity index (χ2n) is 6.66. The van der Waals surface area contributed by atoms with Crippen LogP contribution in [0, 0.1) is 11.3 Å². The molecule has 0 spiro atoms. The van der Waals surface area contributed by atoms with E-state index in [1.807, 2.05) is 17.7 Å². The Labute approximate surface area is 150 Å². The molecular formula is C18H18N6S. The molecule has 0 unspecified atom stereocenters. The van der Waals surface area contributed by atoms with Gasteiger partial charge >= 0.3 is 0 Å². The number of hydrogen-bond donors (Lipinski definition) is 0. The zero-order valence-corrected chi connectivity index (χ0v) is 15.4. The van der Waals surface area contributed by atoms with Gasteiger partial charge in [-0.3, -0.25) is 0 Å². The fourth-order valence-electron chi connectivity index (χ4n) is 2.30. The average Bonchev–Trinajstić information content (AvgIpc) is 2.96. The van der Waals surface area contributed by atoms with Gasteiger partial charge in [0.2, 0.25) is 0 Å². The molecule has 0 saturated heterocycles. The fraction of sp³-hybridized carbons (Fsp3) is 0.278. The Kier molecular flexibility index (Phi) is 4.55. The number of nitriles is 1. The van der Waals surface area contributed by atoms with Crippen molar-refractivity contribution in [3.05, 3.63) is 47.7 Å². The molecule has 7 heteroatoms. The summed E-state index contributed by atoms with van der Waals surface area (Å²) in [6, 6.07) is 13.7. The van der Waals surface area contributed by atoms with Crippen molar-refractivity contribution in [3.63, 3.8) is 0 Å². The topological polar surface area (TPSA) is 80.3 Å². The first kappa shape index (κ1) is 17.1. The summed E-state index contributed by atoms with van der Waals surface area (Å²) in [7, 11) is 1.92. The molecule has 2 aromatic heterocycles. The second-order valence-corrected chi connectivity index (χ2v) is 7.65. The Bertz CT molecular complexity index is 914. The van der Waals surface area contributed by atoms with E-state index in [0.29, 0.717) is 15.9 Å². The third kappa shape index (κ3) is 3.69. The Morgan fingerprint density at radius 2 is 1.68 bits per heavy atom. The smallest absolute Gasteiger partial charge is 0.197 e. The summed E-state index contributed by atoms with van der Waals surface area (Å²) in [6.45, 7) is 6.58. The van der Waals surface area contributed by atoms with Gasteiger partial charge in [-0.25, -0.2) is 0 Å². The lowest BCUT2D eigenvalue weighted by Crippen LogP contribution is -2.10. The Morgan fingerprint density at radius 1 is 0.960 bits per heavy atom. The standard InChI is InChI=1S/C18H18N6S/c1-18(2,3)13-7-5-12(6-8-13)16-22-23-17(24(16)4)25-15-10-9-14(11-19)20-21-15/h5-10H,1-4H3. The van der Waals surface area contributed by atoms with Crippen molar-refractivity contribution < 1.29 is 0 Å². The largest absolute Gasteiger partial charge is 0.305 e. The first-order valence-electron chi connectivity index (χ1n) is 7.80. The van der Waals surface area contributed by atoms with Crippen molar-refractivity contribution in [1.82, 2.24) is 25.0 Å². The van der Waals surface area contributed by atoms with Crippen LogP contribution in [0.15, 0.2) is 46.6 Å². The lowest BCUT2D eigenvalue weighted by Gasteiger charge is -2.19. The molecule has 0 atom stereocenters. The minimum absolute atomic E-state index is 0.119. The number of benzene rings is 1. The van der Waals surface area contributed by atoms with Crippen molar-refractivity contribution in [2.75, 3.05) is 0 Å². The molecule has 0 saturated carbocycles. The van der Waals surface area contributed by atoms with Crippen LogP contribution in [0.3, 0.4) is 0 Å². The lowest BCUT2D eigenvalue weighted by molar-refractivity contribution is 0.590. The molecule has 0 radical (unpaired) electrons. The molecule has 0 amide bonds. The van der Waals surface area contributed by atoms with Gasteiger partial charge in [-0.05, 0) is 34.9 Å². The van der Waals surface area contributed by atoms with Gasteiger partial charge in [0, 0.05) is 12.6 Å². The van der Waals surface area contributed by atoms with E-state index in [4.69, 9.17) is 5.26 Å². The van der Waals surface area contributed by atoms with Gasteiger partial charge in [0.15, 0.2) is 16.7 Å². The fourth-order valence-corrected chi connectivity index (χ4v) is 3.01. The summed E-state index contributed by atoms with van der Waals surface area (Å²) < 4.78 is 1.93. The minimum atomic E-state index is 0.119. The summed E-state index contributed by atoms with van der Waals surface area (Å²) in [6.07, 6.45) is 0. The van der Waals surface area contributed by atoms with Gasteiger partial charge < -0.3 is 4.57 Å².